The molecule has 2 aromatic carbocycles. The SMILES string of the molecule is Cc1cc(C)c(NC(=O)CN(C)C(=O)C2CCN(S(=O)(=O)c3ccc4c(c3)CCC4)CC2)c(C)c1. The Balaban J connectivity index is 1.32. The van der Waals surface area contributed by atoms with E-state index in [0.29, 0.717) is 30.8 Å². The van der Waals surface area contributed by atoms with Crippen LogP contribution in [0.4, 0.5) is 5.69 Å². The monoisotopic (exact) mass is 497 g/mol. The van der Waals surface area contributed by atoms with Gasteiger partial charge in [0.15, 0.2) is 0 Å². The number of carbonyl (C=O) groups is 2. The van der Waals surface area contributed by atoms with Crippen molar-refractivity contribution in [3.8, 4) is 0 Å². The van der Waals surface area contributed by atoms with E-state index >= 15 is 0 Å². The summed E-state index contributed by atoms with van der Waals surface area (Å²) in [6.07, 6.45) is 3.91. The Hall–Kier alpha value is -2.71. The first kappa shape index (κ1) is 25.4. The third-order valence-electron chi connectivity index (χ3n) is 7.21. The van der Waals surface area contributed by atoms with Crippen molar-refractivity contribution in [2.75, 3.05) is 32.0 Å². The fraction of sp³-hybridized carbons (Fsp3) is 0.481. The third-order valence-corrected chi connectivity index (χ3v) is 9.10. The van der Waals surface area contributed by atoms with Crippen molar-refractivity contribution in [3.05, 3.63) is 58.1 Å². The summed E-state index contributed by atoms with van der Waals surface area (Å²) in [6.45, 7) is 6.49. The molecule has 0 bridgehead atoms. The van der Waals surface area contributed by atoms with E-state index in [4.69, 9.17) is 0 Å². The van der Waals surface area contributed by atoms with Crippen LogP contribution in [0.3, 0.4) is 0 Å². The largest absolute Gasteiger partial charge is 0.336 e. The second kappa shape index (κ2) is 10.1. The molecule has 0 saturated carbocycles. The van der Waals surface area contributed by atoms with Crippen LogP contribution in [-0.2, 0) is 32.5 Å². The number of piperidine rings is 1. The van der Waals surface area contributed by atoms with Gasteiger partial charge in [0.1, 0.15) is 0 Å². The number of benzene rings is 2. The van der Waals surface area contributed by atoms with Crippen LogP contribution < -0.4 is 5.32 Å². The van der Waals surface area contributed by atoms with Gasteiger partial charge in [0, 0.05) is 31.7 Å². The molecule has 1 aliphatic carbocycles. The van der Waals surface area contributed by atoms with Gasteiger partial charge in [-0.3, -0.25) is 9.59 Å². The normalized spacial score (nSPS) is 16.7. The molecule has 2 aromatic rings. The first-order valence-electron chi connectivity index (χ1n) is 12.3. The highest BCUT2D eigenvalue weighted by Crippen LogP contribution is 2.29. The van der Waals surface area contributed by atoms with Crippen molar-refractivity contribution in [3.63, 3.8) is 0 Å². The van der Waals surface area contributed by atoms with Gasteiger partial charge < -0.3 is 10.2 Å². The summed E-state index contributed by atoms with van der Waals surface area (Å²) in [5, 5.41) is 2.94. The second-order valence-corrected chi connectivity index (χ2v) is 11.9. The number of likely N-dealkylation sites (N-methyl/N-ethyl adjacent to an activating group) is 1. The lowest BCUT2D eigenvalue weighted by Crippen LogP contribution is -2.45. The van der Waals surface area contributed by atoms with Gasteiger partial charge in [-0.05, 0) is 87.3 Å². The molecule has 188 valence electrons. The molecule has 2 amide bonds. The number of aryl methyl sites for hydroxylation is 5. The van der Waals surface area contributed by atoms with E-state index in [0.717, 1.165) is 47.2 Å². The Kier molecular flexibility index (Phi) is 7.33. The first-order valence-corrected chi connectivity index (χ1v) is 13.7. The average molecular weight is 498 g/mol. The van der Waals surface area contributed by atoms with E-state index in [1.807, 2.05) is 45.0 Å². The molecule has 7 nitrogen and oxygen atoms in total. The minimum Gasteiger partial charge on any atom is -0.336 e. The van der Waals surface area contributed by atoms with Crippen molar-refractivity contribution in [1.29, 1.82) is 0 Å². The smallest absolute Gasteiger partial charge is 0.243 e. The summed E-state index contributed by atoms with van der Waals surface area (Å²) in [5.41, 5.74) is 6.27. The van der Waals surface area contributed by atoms with E-state index < -0.39 is 10.0 Å². The number of amides is 2. The Morgan fingerprint density at radius 3 is 2.29 bits per heavy atom. The number of rotatable bonds is 6. The van der Waals surface area contributed by atoms with Crippen LogP contribution in [0.5, 0.6) is 0 Å². The molecule has 1 saturated heterocycles. The quantitative estimate of drug-likeness (QED) is 0.661. The third kappa shape index (κ3) is 5.43. The second-order valence-electron chi connectivity index (χ2n) is 9.98. The van der Waals surface area contributed by atoms with Gasteiger partial charge in [-0.2, -0.15) is 4.31 Å². The van der Waals surface area contributed by atoms with Gasteiger partial charge in [0.2, 0.25) is 21.8 Å². The maximum atomic E-state index is 13.2. The van der Waals surface area contributed by atoms with Gasteiger partial charge >= 0.3 is 0 Å². The van der Waals surface area contributed by atoms with Crippen molar-refractivity contribution < 1.29 is 18.0 Å². The maximum absolute atomic E-state index is 13.2. The Labute approximate surface area is 208 Å². The van der Waals surface area contributed by atoms with Crippen molar-refractivity contribution in [2.45, 2.75) is 57.8 Å². The van der Waals surface area contributed by atoms with Crippen LogP contribution in [0.2, 0.25) is 0 Å². The highest BCUT2D eigenvalue weighted by molar-refractivity contribution is 7.89. The molecule has 0 aromatic heterocycles. The molecular formula is C27H35N3O4S. The predicted molar refractivity (Wildman–Crippen MR) is 137 cm³/mol. The maximum Gasteiger partial charge on any atom is 0.243 e. The molecule has 1 fully saturated rings. The average Bonchev–Trinajstić information content (AvgIpc) is 3.29. The Morgan fingerprint density at radius 1 is 1.00 bits per heavy atom. The molecule has 0 spiro atoms. The topological polar surface area (TPSA) is 86.8 Å². The minimum absolute atomic E-state index is 0.0424. The zero-order valence-corrected chi connectivity index (χ0v) is 21.9. The van der Waals surface area contributed by atoms with Gasteiger partial charge in [-0.15, -0.1) is 0 Å². The number of hydrogen-bond acceptors (Lipinski definition) is 4. The van der Waals surface area contributed by atoms with Crippen LogP contribution in [0.1, 0.15) is 47.1 Å². The van der Waals surface area contributed by atoms with E-state index in [2.05, 4.69) is 5.32 Å². The van der Waals surface area contributed by atoms with E-state index in [1.165, 1.54) is 14.8 Å². The highest BCUT2D eigenvalue weighted by atomic mass is 32.2. The number of nitrogens with one attached hydrogen (secondary N) is 1. The predicted octanol–water partition coefficient (Wildman–Crippen LogP) is 3.60. The molecule has 2 aliphatic rings. The van der Waals surface area contributed by atoms with Crippen molar-refractivity contribution in [2.24, 2.45) is 5.92 Å². The molecule has 35 heavy (non-hydrogen) atoms. The number of hydrogen-bond donors (Lipinski definition) is 1. The minimum atomic E-state index is -3.57. The highest BCUT2D eigenvalue weighted by Gasteiger charge is 2.34. The number of carbonyl (C=O) groups excluding carboxylic acids is 2. The lowest BCUT2D eigenvalue weighted by molar-refractivity contribution is -0.138. The summed E-state index contributed by atoms with van der Waals surface area (Å²) in [4.78, 5) is 27.4. The number of nitrogens with zero attached hydrogens (tertiary/aromatic N) is 2. The van der Waals surface area contributed by atoms with Crippen molar-refractivity contribution in [1.82, 2.24) is 9.21 Å². The molecule has 1 heterocycles. The van der Waals surface area contributed by atoms with Crippen LogP contribution in [0.25, 0.3) is 0 Å². The lowest BCUT2D eigenvalue weighted by Gasteiger charge is -2.32. The molecule has 4 rings (SSSR count). The van der Waals surface area contributed by atoms with Crippen molar-refractivity contribution >= 4 is 27.5 Å². The zero-order chi connectivity index (χ0) is 25.3. The first-order chi connectivity index (χ1) is 16.6. The molecule has 0 unspecified atom stereocenters. The number of fused-ring (bicyclic) bond motifs is 1. The number of sulfonamides is 1. The molecular weight excluding hydrogens is 462 g/mol. The van der Waals surface area contributed by atoms with Crippen LogP contribution >= 0.6 is 0 Å². The Morgan fingerprint density at radius 2 is 1.63 bits per heavy atom. The summed E-state index contributed by atoms with van der Waals surface area (Å²) in [5.74, 6) is -0.651. The van der Waals surface area contributed by atoms with E-state index in [9.17, 15) is 18.0 Å². The lowest BCUT2D eigenvalue weighted by atomic mass is 9.96. The van der Waals surface area contributed by atoms with Gasteiger partial charge in [-0.1, -0.05) is 23.8 Å². The molecule has 1 aliphatic heterocycles. The van der Waals surface area contributed by atoms with Gasteiger partial charge in [0.05, 0.1) is 11.4 Å². The zero-order valence-electron chi connectivity index (χ0n) is 21.1. The van der Waals surface area contributed by atoms with Crippen LogP contribution in [0, 0.1) is 26.7 Å². The summed E-state index contributed by atoms with van der Waals surface area (Å²) < 4.78 is 27.8. The molecule has 0 atom stereocenters. The standard InChI is InChI=1S/C27H35N3O4S/c1-18-14-19(2)26(20(3)15-18)28-25(31)17-29(4)27(32)22-10-12-30(13-11-22)35(33,34)24-9-8-21-6-5-7-23(21)16-24/h8-9,14-16,22H,5-7,10-13,17H2,1-4H3,(H,28,31). The summed E-state index contributed by atoms with van der Waals surface area (Å²) >= 11 is 0. The molecule has 8 heteroatoms. The van der Waals surface area contributed by atoms with Gasteiger partial charge in [-0.25, -0.2) is 8.42 Å². The van der Waals surface area contributed by atoms with E-state index in [1.54, 1.807) is 13.1 Å². The molecule has 1 N–H and O–H groups in total. The van der Waals surface area contributed by atoms with Crippen LogP contribution in [0.15, 0.2) is 35.2 Å². The fourth-order valence-electron chi connectivity index (χ4n) is 5.36. The Bertz CT molecular complexity index is 1220. The van der Waals surface area contributed by atoms with E-state index in [-0.39, 0.29) is 24.3 Å². The van der Waals surface area contributed by atoms with Crippen LogP contribution in [-0.4, -0.2) is 56.1 Å². The number of anilines is 1. The fourth-order valence-corrected chi connectivity index (χ4v) is 6.88. The molecule has 0 radical (unpaired) electrons. The van der Waals surface area contributed by atoms with Gasteiger partial charge in [0.25, 0.3) is 0 Å². The summed E-state index contributed by atoms with van der Waals surface area (Å²) in [7, 11) is -1.94. The summed E-state index contributed by atoms with van der Waals surface area (Å²) in [6, 6.07) is 9.49.